The van der Waals surface area contributed by atoms with Crippen molar-refractivity contribution in [3.8, 4) is 28.7 Å². The number of hydrogen-bond donors (Lipinski definition) is 1. The number of fused-ring (bicyclic) bond motifs is 5. The maximum atomic E-state index is 13.9. The van der Waals surface area contributed by atoms with Gasteiger partial charge in [-0.25, -0.2) is 0 Å². The van der Waals surface area contributed by atoms with Gasteiger partial charge in [-0.1, -0.05) is 36.4 Å². The topological polar surface area (TPSA) is 128 Å². The molecule has 0 aliphatic carbocycles. The first kappa shape index (κ1) is 39.0. The van der Waals surface area contributed by atoms with Crippen molar-refractivity contribution in [1.29, 1.82) is 0 Å². The minimum absolute atomic E-state index is 0.123. The van der Waals surface area contributed by atoms with Gasteiger partial charge < -0.3 is 38.7 Å². The molecule has 0 fully saturated rings. The van der Waals surface area contributed by atoms with Gasteiger partial charge >= 0.3 is 0 Å². The molecule has 1 unspecified atom stereocenters. The molecule has 8 rings (SSSR count). The molecule has 12 heteroatoms. The van der Waals surface area contributed by atoms with Crippen molar-refractivity contribution in [2.45, 2.75) is 51.4 Å². The van der Waals surface area contributed by atoms with Crippen molar-refractivity contribution >= 4 is 47.1 Å². The van der Waals surface area contributed by atoms with Crippen LogP contribution in [0.25, 0.3) is 0 Å². The van der Waals surface area contributed by atoms with Gasteiger partial charge in [0.2, 0.25) is 0 Å². The summed E-state index contributed by atoms with van der Waals surface area (Å²) in [5.74, 6) is 2.09. The van der Waals surface area contributed by atoms with E-state index in [1.165, 1.54) is 0 Å². The molecule has 5 aromatic rings. The fraction of sp³-hybridized carbons (Fsp3) is 0.277. The highest BCUT2D eigenvalue weighted by atomic mass is 16.5. The molecule has 59 heavy (non-hydrogen) atoms. The van der Waals surface area contributed by atoms with Crippen molar-refractivity contribution < 1.29 is 38.1 Å². The Hall–Kier alpha value is -6.82. The maximum absolute atomic E-state index is 13.9. The van der Waals surface area contributed by atoms with Crippen molar-refractivity contribution in [3.63, 3.8) is 0 Å². The zero-order valence-corrected chi connectivity index (χ0v) is 33.4. The first-order valence-corrected chi connectivity index (χ1v) is 19.8. The molecule has 0 bridgehead atoms. The lowest BCUT2D eigenvalue weighted by Gasteiger charge is -2.22. The molecule has 302 valence electrons. The van der Waals surface area contributed by atoms with Crippen molar-refractivity contribution in [2.24, 2.45) is 4.99 Å². The van der Waals surface area contributed by atoms with E-state index in [0.717, 1.165) is 59.2 Å². The van der Waals surface area contributed by atoms with Crippen molar-refractivity contribution in [2.75, 3.05) is 49.5 Å². The number of anilines is 3. The zero-order valence-electron chi connectivity index (χ0n) is 33.4. The van der Waals surface area contributed by atoms with Crippen LogP contribution in [0.4, 0.5) is 22.7 Å². The van der Waals surface area contributed by atoms with Gasteiger partial charge in [0.25, 0.3) is 11.8 Å². The molecule has 0 saturated heterocycles. The average Bonchev–Trinajstić information content (AvgIpc) is 3.84. The SMILES string of the molecule is CNc1cc(OCc2cc(COc3cc4c(cc3OC)C(=O)N3c5ccccc5CC3C=N4)cc(OCCCCC=O)c2)c(OC)cc1C(=O)N1CCc2ccccc21. The molecule has 0 aromatic heterocycles. The number of methoxy groups -OCH3 is 2. The summed E-state index contributed by atoms with van der Waals surface area (Å²) in [6, 6.07) is 28.4. The predicted octanol–water partition coefficient (Wildman–Crippen LogP) is 8.14. The third kappa shape index (κ3) is 8.03. The summed E-state index contributed by atoms with van der Waals surface area (Å²) in [4.78, 5) is 47.0. The van der Waals surface area contributed by atoms with E-state index in [1.807, 2.05) is 66.9 Å². The lowest BCUT2D eigenvalue weighted by molar-refractivity contribution is -0.107. The number of ether oxygens (including phenoxy) is 5. The van der Waals surface area contributed by atoms with Crippen LogP contribution in [0, 0.1) is 0 Å². The van der Waals surface area contributed by atoms with E-state index in [4.69, 9.17) is 28.7 Å². The van der Waals surface area contributed by atoms with Crippen LogP contribution in [0.2, 0.25) is 0 Å². The molecule has 0 radical (unpaired) electrons. The Kier molecular flexibility index (Phi) is 11.5. The highest BCUT2D eigenvalue weighted by Gasteiger charge is 2.36. The second-order valence-corrected chi connectivity index (χ2v) is 14.6. The molecule has 1 N–H and O–H groups in total. The molecule has 12 nitrogen and oxygen atoms in total. The number of carbonyl (C=O) groups is 3. The lowest BCUT2D eigenvalue weighted by Crippen LogP contribution is -2.37. The van der Waals surface area contributed by atoms with Crippen LogP contribution in [-0.4, -0.2) is 64.8 Å². The molecule has 3 aliphatic heterocycles. The number of para-hydroxylation sites is 2. The minimum Gasteiger partial charge on any atom is -0.494 e. The molecule has 1 atom stereocenters. The largest absolute Gasteiger partial charge is 0.494 e. The standard InChI is InChI=1S/C47H46N4O8/c1-48-38-25-44(42(55-2)23-36(38)46(53)50-16-15-32-11-5-7-13-40(32)50)58-28-30-19-31(21-35(20-30)57-18-10-4-9-17-52)29-59-45-26-39-37(24-43(45)56-3)47(54)51-34(27-49-39)22-33-12-6-8-14-41(33)51/h5-8,11-14,17,19-21,23-27,34,48H,4,9-10,15-16,18,22,28-29H2,1-3H3. The molecular formula is C47H46N4O8. The Morgan fingerprint density at radius 1 is 0.814 bits per heavy atom. The number of hydrogen-bond acceptors (Lipinski definition) is 10. The summed E-state index contributed by atoms with van der Waals surface area (Å²) in [5, 5.41) is 3.17. The molecule has 3 aliphatic rings. The highest BCUT2D eigenvalue weighted by molar-refractivity contribution is 6.15. The molecule has 2 amide bonds. The number of unbranched alkanes of at least 4 members (excludes halogenated alkanes) is 2. The summed E-state index contributed by atoms with van der Waals surface area (Å²) >= 11 is 0. The van der Waals surface area contributed by atoms with Crippen molar-refractivity contribution in [1.82, 2.24) is 0 Å². The van der Waals surface area contributed by atoms with Crippen LogP contribution < -0.4 is 38.8 Å². The van der Waals surface area contributed by atoms with Crippen LogP contribution in [0.3, 0.4) is 0 Å². The van der Waals surface area contributed by atoms with E-state index < -0.39 is 0 Å². The number of aldehydes is 1. The number of nitrogens with one attached hydrogen (secondary N) is 1. The number of nitrogens with zero attached hydrogens (tertiary/aromatic N) is 3. The number of rotatable bonds is 16. The third-order valence-electron chi connectivity index (χ3n) is 10.9. The third-order valence-corrected chi connectivity index (χ3v) is 10.9. The van der Waals surface area contributed by atoms with E-state index in [1.54, 1.807) is 55.3 Å². The fourth-order valence-corrected chi connectivity index (χ4v) is 7.92. The first-order valence-electron chi connectivity index (χ1n) is 19.8. The van der Waals surface area contributed by atoms with Gasteiger partial charge in [0, 0.05) is 56.2 Å². The second kappa shape index (κ2) is 17.4. The predicted molar refractivity (Wildman–Crippen MR) is 227 cm³/mol. The summed E-state index contributed by atoms with van der Waals surface area (Å²) < 4.78 is 30.4. The average molecular weight is 795 g/mol. The maximum Gasteiger partial charge on any atom is 0.261 e. The number of amides is 2. The second-order valence-electron chi connectivity index (χ2n) is 14.6. The van der Waals surface area contributed by atoms with E-state index in [9.17, 15) is 14.4 Å². The monoisotopic (exact) mass is 794 g/mol. The summed E-state index contributed by atoms with van der Waals surface area (Å²) in [5.41, 5.74) is 7.71. The summed E-state index contributed by atoms with van der Waals surface area (Å²) in [6.07, 6.45) is 6.17. The van der Waals surface area contributed by atoms with E-state index in [2.05, 4.69) is 11.4 Å². The number of aliphatic imine (C=N–C) groups is 1. The molecular weight excluding hydrogens is 749 g/mol. The molecule has 0 spiro atoms. The quantitative estimate of drug-likeness (QED) is 0.0778. The van der Waals surface area contributed by atoms with Gasteiger partial charge in [0.15, 0.2) is 23.0 Å². The van der Waals surface area contributed by atoms with Gasteiger partial charge in [0.05, 0.1) is 49.4 Å². The van der Waals surface area contributed by atoms with E-state index in [0.29, 0.717) is 77.2 Å². The van der Waals surface area contributed by atoms with Gasteiger partial charge in [-0.15, -0.1) is 0 Å². The zero-order chi connectivity index (χ0) is 40.9. The fourth-order valence-electron chi connectivity index (χ4n) is 7.92. The van der Waals surface area contributed by atoms with Crippen molar-refractivity contribution in [3.05, 3.63) is 124 Å². The van der Waals surface area contributed by atoms with Crippen LogP contribution >= 0.6 is 0 Å². The van der Waals surface area contributed by atoms with Crippen LogP contribution in [0.5, 0.6) is 28.7 Å². The van der Waals surface area contributed by atoms with Crippen LogP contribution in [-0.2, 0) is 30.8 Å². The Balaban J connectivity index is 1.02. The van der Waals surface area contributed by atoms with E-state index in [-0.39, 0.29) is 31.1 Å². The number of carbonyl (C=O) groups excluding carboxylic acids is 3. The smallest absolute Gasteiger partial charge is 0.261 e. The highest BCUT2D eigenvalue weighted by Crippen LogP contribution is 2.42. The number of benzene rings is 5. The van der Waals surface area contributed by atoms with Crippen LogP contribution in [0.15, 0.2) is 96.0 Å². The lowest BCUT2D eigenvalue weighted by atomic mass is 10.1. The Bertz CT molecular complexity index is 2430. The summed E-state index contributed by atoms with van der Waals surface area (Å²) in [7, 11) is 4.87. The molecule has 3 heterocycles. The van der Waals surface area contributed by atoms with Gasteiger partial charge in [-0.05, 0) is 84.0 Å². The summed E-state index contributed by atoms with van der Waals surface area (Å²) in [6.45, 7) is 1.34. The molecule has 5 aromatic carbocycles. The van der Waals surface area contributed by atoms with Gasteiger partial charge in [0.1, 0.15) is 25.2 Å². The Morgan fingerprint density at radius 3 is 2.24 bits per heavy atom. The Morgan fingerprint density at radius 2 is 1.51 bits per heavy atom. The van der Waals surface area contributed by atoms with Crippen LogP contribution in [0.1, 0.15) is 62.2 Å². The van der Waals surface area contributed by atoms with E-state index >= 15 is 0 Å². The van der Waals surface area contributed by atoms with Gasteiger partial charge in [-0.3, -0.25) is 19.5 Å². The Labute approximate surface area is 343 Å². The first-order chi connectivity index (χ1) is 28.9. The minimum atomic E-state index is -0.178. The van der Waals surface area contributed by atoms with Gasteiger partial charge in [-0.2, -0.15) is 0 Å². The molecule has 0 saturated carbocycles. The normalized spacial score (nSPS) is 14.8.